The largest absolute Gasteiger partial charge is 0.299 e. The molecule has 2 aromatic carbocycles. The van der Waals surface area contributed by atoms with Gasteiger partial charge in [-0.1, -0.05) is 40.2 Å². The van der Waals surface area contributed by atoms with Gasteiger partial charge >= 0.3 is 0 Å². The molecular formula is C20H14BrNO3. The summed E-state index contributed by atoms with van der Waals surface area (Å²) in [7, 11) is 0. The first-order valence-electron chi connectivity index (χ1n) is 8.33. The number of imide groups is 1. The van der Waals surface area contributed by atoms with Crippen LogP contribution in [0.2, 0.25) is 0 Å². The summed E-state index contributed by atoms with van der Waals surface area (Å²) < 4.78 is 0.885. The van der Waals surface area contributed by atoms with Crippen LogP contribution in [-0.2, 0) is 14.4 Å². The van der Waals surface area contributed by atoms with Crippen molar-refractivity contribution < 1.29 is 14.4 Å². The number of nitrogens with zero attached hydrogens (tertiary/aromatic N) is 1. The molecule has 25 heavy (non-hydrogen) atoms. The lowest BCUT2D eigenvalue weighted by molar-refractivity contribution is -0.134. The predicted octanol–water partition coefficient (Wildman–Crippen LogP) is 3.41. The Morgan fingerprint density at radius 3 is 2.20 bits per heavy atom. The molecule has 1 heterocycles. The number of anilines is 1. The molecule has 2 aromatic rings. The van der Waals surface area contributed by atoms with E-state index in [2.05, 4.69) is 15.9 Å². The second-order valence-corrected chi connectivity index (χ2v) is 7.84. The van der Waals surface area contributed by atoms with Crippen LogP contribution in [0.1, 0.15) is 29.4 Å². The number of amides is 2. The molecule has 0 aromatic heterocycles. The van der Waals surface area contributed by atoms with E-state index in [1.807, 2.05) is 36.4 Å². The summed E-state index contributed by atoms with van der Waals surface area (Å²) in [5.41, 5.74) is 2.57. The van der Waals surface area contributed by atoms with Gasteiger partial charge in [-0.15, -0.1) is 0 Å². The van der Waals surface area contributed by atoms with Crippen LogP contribution in [-0.4, -0.2) is 17.6 Å². The van der Waals surface area contributed by atoms with Crippen LogP contribution in [0.4, 0.5) is 5.69 Å². The fourth-order valence-corrected chi connectivity index (χ4v) is 5.07. The molecule has 1 saturated heterocycles. The van der Waals surface area contributed by atoms with E-state index in [0.29, 0.717) is 12.1 Å². The van der Waals surface area contributed by atoms with E-state index in [1.165, 1.54) is 4.90 Å². The number of carbonyl (C=O) groups is 3. The summed E-state index contributed by atoms with van der Waals surface area (Å²) in [6, 6.07) is 14.9. The lowest BCUT2D eigenvalue weighted by Crippen LogP contribution is -2.44. The van der Waals surface area contributed by atoms with Crippen LogP contribution in [0, 0.1) is 11.8 Å². The molecule has 1 aliphatic heterocycles. The van der Waals surface area contributed by atoms with Gasteiger partial charge in [-0.05, 0) is 35.4 Å². The monoisotopic (exact) mass is 395 g/mol. The summed E-state index contributed by atoms with van der Waals surface area (Å²) in [6.07, 6.45) is 0.357. The van der Waals surface area contributed by atoms with Gasteiger partial charge in [-0.25, -0.2) is 0 Å². The molecule has 5 heteroatoms. The molecule has 4 aliphatic rings. The van der Waals surface area contributed by atoms with Crippen LogP contribution < -0.4 is 4.90 Å². The van der Waals surface area contributed by atoms with Gasteiger partial charge in [-0.2, -0.15) is 0 Å². The molecule has 1 saturated carbocycles. The zero-order chi connectivity index (χ0) is 17.3. The van der Waals surface area contributed by atoms with E-state index in [4.69, 9.17) is 0 Å². The summed E-state index contributed by atoms with van der Waals surface area (Å²) in [4.78, 5) is 40.1. The number of Topliss-reactive ketones (excluding diaryl/α,β-unsaturated/α-hetero) is 1. The molecular weight excluding hydrogens is 382 g/mol. The van der Waals surface area contributed by atoms with Crippen molar-refractivity contribution in [2.45, 2.75) is 18.3 Å². The van der Waals surface area contributed by atoms with Gasteiger partial charge in [0.15, 0.2) is 0 Å². The van der Waals surface area contributed by atoms with E-state index < -0.39 is 17.8 Å². The molecule has 2 amide bonds. The number of halogens is 1. The molecule has 2 bridgehead atoms. The second-order valence-electron chi connectivity index (χ2n) is 6.92. The van der Waals surface area contributed by atoms with Crippen LogP contribution in [0.5, 0.6) is 0 Å². The van der Waals surface area contributed by atoms with E-state index in [9.17, 15) is 14.4 Å². The number of hydrogen-bond donors (Lipinski definition) is 0. The Morgan fingerprint density at radius 2 is 1.48 bits per heavy atom. The summed E-state index contributed by atoms with van der Waals surface area (Å²) in [5, 5.41) is 0. The maximum Gasteiger partial charge on any atom is 0.238 e. The first-order chi connectivity index (χ1) is 12.1. The topological polar surface area (TPSA) is 54.5 Å². The molecule has 0 spiro atoms. The van der Waals surface area contributed by atoms with Gasteiger partial charge in [0.05, 0.1) is 23.4 Å². The molecule has 4 nitrogen and oxygen atoms in total. The van der Waals surface area contributed by atoms with Crippen LogP contribution in [0.25, 0.3) is 0 Å². The lowest BCUT2D eigenvalue weighted by Gasteiger charge is -2.43. The number of fused-ring (bicyclic) bond motifs is 1. The molecule has 124 valence electrons. The highest BCUT2D eigenvalue weighted by atomic mass is 79.9. The quantitative estimate of drug-likeness (QED) is 0.695. The number of ketones is 1. The minimum Gasteiger partial charge on any atom is -0.299 e. The Kier molecular flexibility index (Phi) is 3.07. The van der Waals surface area contributed by atoms with Crippen molar-refractivity contribution in [1.29, 1.82) is 0 Å². The average Bonchev–Trinajstić information content (AvgIpc) is 2.88. The molecule has 2 fully saturated rings. The Labute approximate surface area is 153 Å². The molecule has 0 radical (unpaired) electrons. The fraction of sp³-hybridized carbons (Fsp3) is 0.250. The van der Waals surface area contributed by atoms with Gasteiger partial charge in [0.2, 0.25) is 11.8 Å². The van der Waals surface area contributed by atoms with Crippen molar-refractivity contribution in [3.8, 4) is 0 Å². The van der Waals surface area contributed by atoms with Crippen molar-refractivity contribution >= 4 is 39.2 Å². The fourth-order valence-electron chi connectivity index (χ4n) is 4.80. The SMILES string of the molecule is O=C1C[C@H]2c3ccccc3[C@H]1[C@H]1C(=O)N(c3ccc(Br)cc3)C(=O)[C@@H]12. The van der Waals surface area contributed by atoms with Gasteiger partial charge in [-0.3, -0.25) is 19.3 Å². The van der Waals surface area contributed by atoms with Gasteiger partial charge < -0.3 is 0 Å². The van der Waals surface area contributed by atoms with E-state index in [0.717, 1.165) is 15.6 Å². The smallest absolute Gasteiger partial charge is 0.238 e. The predicted molar refractivity (Wildman–Crippen MR) is 95.2 cm³/mol. The maximum absolute atomic E-state index is 13.1. The first kappa shape index (κ1) is 15.0. The van der Waals surface area contributed by atoms with Crippen LogP contribution in [0.15, 0.2) is 53.0 Å². The van der Waals surface area contributed by atoms with Crippen molar-refractivity contribution in [1.82, 2.24) is 0 Å². The molecule has 3 aliphatic carbocycles. The van der Waals surface area contributed by atoms with Gasteiger partial charge in [0, 0.05) is 16.8 Å². The molecule has 4 atom stereocenters. The minimum atomic E-state index is -0.558. The van der Waals surface area contributed by atoms with Crippen molar-refractivity contribution in [2.24, 2.45) is 11.8 Å². The summed E-state index contributed by atoms with van der Waals surface area (Å²) in [5.74, 6) is -1.97. The first-order valence-corrected chi connectivity index (χ1v) is 9.12. The van der Waals surface area contributed by atoms with Gasteiger partial charge in [0.25, 0.3) is 0 Å². The summed E-state index contributed by atoms with van der Waals surface area (Å²) in [6.45, 7) is 0. The number of rotatable bonds is 1. The standard InChI is InChI=1S/C20H14BrNO3/c21-10-5-7-11(8-6-10)22-19(24)17-14-9-15(23)16(18(17)20(22)25)13-4-2-1-3-12(13)14/h1-8,14,16-18H,9H2/t14-,16+,17+,18+/m0/s1. The lowest BCUT2D eigenvalue weighted by atomic mass is 9.56. The average molecular weight is 396 g/mol. The highest BCUT2D eigenvalue weighted by Gasteiger charge is 2.62. The van der Waals surface area contributed by atoms with Crippen molar-refractivity contribution in [3.63, 3.8) is 0 Å². The van der Waals surface area contributed by atoms with Crippen LogP contribution >= 0.6 is 15.9 Å². The molecule has 0 unspecified atom stereocenters. The Morgan fingerprint density at radius 1 is 0.840 bits per heavy atom. The van der Waals surface area contributed by atoms with E-state index in [-0.39, 0.29) is 23.5 Å². The zero-order valence-electron chi connectivity index (χ0n) is 13.2. The van der Waals surface area contributed by atoms with E-state index in [1.54, 1.807) is 12.1 Å². The van der Waals surface area contributed by atoms with E-state index >= 15 is 0 Å². The van der Waals surface area contributed by atoms with Crippen molar-refractivity contribution in [2.75, 3.05) is 4.90 Å². The number of benzene rings is 2. The highest BCUT2D eigenvalue weighted by Crippen LogP contribution is 2.57. The summed E-state index contributed by atoms with van der Waals surface area (Å²) >= 11 is 3.37. The molecule has 0 N–H and O–H groups in total. The third-order valence-electron chi connectivity index (χ3n) is 5.77. The molecule has 6 rings (SSSR count). The maximum atomic E-state index is 13.1. The minimum absolute atomic E-state index is 0.0868. The second kappa shape index (κ2) is 5.11. The third kappa shape index (κ3) is 1.90. The zero-order valence-corrected chi connectivity index (χ0v) is 14.8. The Balaban J connectivity index is 1.65. The third-order valence-corrected chi connectivity index (χ3v) is 6.30. The normalized spacial score (nSPS) is 29.8. The number of carbonyl (C=O) groups excluding carboxylic acids is 3. The van der Waals surface area contributed by atoms with Gasteiger partial charge in [0.1, 0.15) is 5.78 Å². The number of hydrogen-bond acceptors (Lipinski definition) is 3. The van der Waals surface area contributed by atoms with Crippen molar-refractivity contribution in [3.05, 3.63) is 64.1 Å². The Bertz CT molecular complexity index is 936. The Hall–Kier alpha value is -2.27. The van der Waals surface area contributed by atoms with Crippen LogP contribution in [0.3, 0.4) is 0 Å². The highest BCUT2D eigenvalue weighted by molar-refractivity contribution is 9.10.